The van der Waals surface area contributed by atoms with E-state index in [2.05, 4.69) is 10.6 Å². The molecule has 1 fully saturated rings. The molecule has 2 aromatic carbocycles. The summed E-state index contributed by atoms with van der Waals surface area (Å²) in [6.07, 6.45) is 0.594. The van der Waals surface area contributed by atoms with E-state index in [0.717, 1.165) is 0 Å². The van der Waals surface area contributed by atoms with Gasteiger partial charge in [-0.15, -0.1) is 0 Å². The van der Waals surface area contributed by atoms with Crippen molar-refractivity contribution in [3.8, 4) is 0 Å². The molecule has 1 aliphatic heterocycles. The van der Waals surface area contributed by atoms with Crippen LogP contribution in [0.5, 0.6) is 0 Å². The normalized spacial score (nSPS) is 16.2. The average Bonchev–Trinajstić information content (AvgIpc) is 3.05. The maximum absolute atomic E-state index is 12.6. The van der Waals surface area contributed by atoms with Crippen molar-refractivity contribution in [1.29, 1.82) is 0 Å². The lowest BCUT2D eigenvalue weighted by Gasteiger charge is -2.18. The van der Waals surface area contributed by atoms with Crippen LogP contribution in [-0.4, -0.2) is 24.3 Å². The van der Waals surface area contributed by atoms with Gasteiger partial charge in [-0.05, 0) is 42.3 Å². The summed E-state index contributed by atoms with van der Waals surface area (Å²) < 4.78 is 0. The highest BCUT2D eigenvalue weighted by atomic mass is 35.5. The fourth-order valence-corrected chi connectivity index (χ4v) is 3.49. The Morgan fingerprint density at radius 3 is 2.31 bits per heavy atom. The number of halogens is 1. The zero-order valence-corrected chi connectivity index (χ0v) is 17.2. The molecule has 152 valence electrons. The van der Waals surface area contributed by atoms with E-state index in [9.17, 15) is 14.4 Å². The third kappa shape index (κ3) is 5.35. The highest BCUT2D eigenvalue weighted by molar-refractivity contribution is 6.33. The molecule has 0 spiro atoms. The third-order valence-electron chi connectivity index (χ3n) is 4.67. The van der Waals surface area contributed by atoms with Crippen molar-refractivity contribution in [1.82, 2.24) is 0 Å². The van der Waals surface area contributed by atoms with Crippen molar-refractivity contribution >= 4 is 46.4 Å². The molecule has 3 rings (SSSR count). The number of para-hydroxylation sites is 1. The van der Waals surface area contributed by atoms with Crippen LogP contribution in [0.4, 0.5) is 17.1 Å². The minimum atomic E-state index is -0.454. The first-order valence-electron chi connectivity index (χ1n) is 9.59. The molecule has 7 heteroatoms. The molecule has 0 aromatic heterocycles. The van der Waals surface area contributed by atoms with Crippen molar-refractivity contribution in [2.75, 3.05) is 22.1 Å². The minimum absolute atomic E-state index is 0.0408. The van der Waals surface area contributed by atoms with Gasteiger partial charge in [0, 0.05) is 30.8 Å². The van der Waals surface area contributed by atoms with Crippen LogP contribution in [0.2, 0.25) is 5.02 Å². The maximum Gasteiger partial charge on any atom is 0.229 e. The number of hydrogen-bond acceptors (Lipinski definition) is 3. The Morgan fingerprint density at radius 1 is 1.07 bits per heavy atom. The molecule has 2 N–H and O–H groups in total. The number of benzene rings is 2. The molecule has 0 bridgehead atoms. The lowest BCUT2D eigenvalue weighted by Crippen LogP contribution is -2.28. The summed E-state index contributed by atoms with van der Waals surface area (Å²) in [6.45, 7) is 4.26. The maximum atomic E-state index is 12.6. The largest absolute Gasteiger partial charge is 0.326 e. The fraction of sp³-hybridized carbons (Fsp3) is 0.318. The van der Waals surface area contributed by atoms with Crippen molar-refractivity contribution in [2.24, 2.45) is 11.8 Å². The lowest BCUT2D eigenvalue weighted by atomic mass is 10.1. The van der Waals surface area contributed by atoms with Crippen molar-refractivity contribution < 1.29 is 14.4 Å². The van der Waals surface area contributed by atoms with Crippen molar-refractivity contribution in [3.05, 3.63) is 53.6 Å². The standard InChI is InChI=1S/C22H24ClN3O3/c1-14(2)11-20(27)24-16-7-9-17(10-8-16)25-22(29)15-12-21(28)26(13-15)19-6-4-3-5-18(19)23/h3-10,14-15H,11-13H2,1-2H3,(H,24,27)(H,25,29). The molecule has 1 saturated heterocycles. The smallest absolute Gasteiger partial charge is 0.229 e. The fourth-order valence-electron chi connectivity index (χ4n) is 3.25. The Labute approximate surface area is 175 Å². The summed E-state index contributed by atoms with van der Waals surface area (Å²) in [5, 5.41) is 6.15. The van der Waals surface area contributed by atoms with Gasteiger partial charge < -0.3 is 15.5 Å². The van der Waals surface area contributed by atoms with Gasteiger partial charge in [0.25, 0.3) is 0 Å². The summed E-state index contributed by atoms with van der Waals surface area (Å²) in [6, 6.07) is 14.0. The molecule has 1 unspecified atom stereocenters. The number of carbonyl (C=O) groups is 3. The van der Waals surface area contributed by atoms with Crippen LogP contribution in [0.15, 0.2) is 48.5 Å². The number of hydrogen-bond donors (Lipinski definition) is 2. The summed E-state index contributed by atoms with van der Waals surface area (Å²) in [5.74, 6) is -0.552. The summed E-state index contributed by atoms with van der Waals surface area (Å²) in [7, 11) is 0. The van der Waals surface area contributed by atoms with Crippen LogP contribution in [0.3, 0.4) is 0 Å². The van der Waals surface area contributed by atoms with Crippen LogP contribution in [-0.2, 0) is 14.4 Å². The molecular weight excluding hydrogens is 390 g/mol. The predicted octanol–water partition coefficient (Wildman–Crippen LogP) is 4.32. The van der Waals surface area contributed by atoms with Crippen LogP contribution in [0.25, 0.3) is 0 Å². The Kier molecular flexibility index (Phi) is 6.54. The topological polar surface area (TPSA) is 78.5 Å². The average molecular weight is 414 g/mol. The van der Waals surface area contributed by atoms with Crippen LogP contribution in [0.1, 0.15) is 26.7 Å². The van der Waals surface area contributed by atoms with E-state index in [0.29, 0.717) is 28.5 Å². The first-order chi connectivity index (χ1) is 13.8. The number of anilines is 3. The van der Waals surface area contributed by atoms with Gasteiger partial charge in [-0.2, -0.15) is 0 Å². The molecule has 1 atom stereocenters. The molecular formula is C22H24ClN3O3. The second-order valence-electron chi connectivity index (χ2n) is 7.57. The number of rotatable bonds is 6. The molecule has 0 radical (unpaired) electrons. The number of nitrogens with zero attached hydrogens (tertiary/aromatic N) is 1. The quantitative estimate of drug-likeness (QED) is 0.740. The highest BCUT2D eigenvalue weighted by Gasteiger charge is 2.35. The summed E-state index contributed by atoms with van der Waals surface area (Å²) in [4.78, 5) is 38.4. The first-order valence-corrected chi connectivity index (χ1v) is 9.97. The van der Waals surface area contributed by atoms with Gasteiger partial charge in [-0.1, -0.05) is 37.6 Å². The van der Waals surface area contributed by atoms with E-state index in [1.54, 1.807) is 47.4 Å². The number of nitrogens with one attached hydrogen (secondary N) is 2. The lowest BCUT2D eigenvalue weighted by molar-refractivity contribution is -0.122. The molecule has 2 aromatic rings. The second kappa shape index (κ2) is 9.09. The molecule has 3 amide bonds. The van der Waals surface area contributed by atoms with E-state index in [1.165, 1.54) is 0 Å². The van der Waals surface area contributed by atoms with Gasteiger partial charge in [0.05, 0.1) is 16.6 Å². The summed E-state index contributed by atoms with van der Waals surface area (Å²) >= 11 is 6.18. The van der Waals surface area contributed by atoms with Crippen molar-refractivity contribution in [2.45, 2.75) is 26.7 Å². The van der Waals surface area contributed by atoms with Gasteiger partial charge in [0.1, 0.15) is 0 Å². The van der Waals surface area contributed by atoms with Crippen LogP contribution >= 0.6 is 11.6 Å². The van der Waals surface area contributed by atoms with E-state index in [1.807, 2.05) is 19.9 Å². The van der Waals surface area contributed by atoms with Gasteiger partial charge >= 0.3 is 0 Å². The number of amides is 3. The van der Waals surface area contributed by atoms with Crippen LogP contribution in [0, 0.1) is 11.8 Å². The van der Waals surface area contributed by atoms with E-state index < -0.39 is 5.92 Å². The minimum Gasteiger partial charge on any atom is -0.326 e. The van der Waals surface area contributed by atoms with E-state index in [4.69, 9.17) is 11.6 Å². The molecule has 0 aliphatic carbocycles. The number of carbonyl (C=O) groups excluding carboxylic acids is 3. The van der Waals surface area contributed by atoms with Crippen LogP contribution < -0.4 is 15.5 Å². The summed E-state index contributed by atoms with van der Waals surface area (Å²) in [5.41, 5.74) is 1.91. The Bertz CT molecular complexity index is 912. The Balaban J connectivity index is 1.59. The molecule has 29 heavy (non-hydrogen) atoms. The third-order valence-corrected chi connectivity index (χ3v) is 4.99. The molecule has 1 aliphatic rings. The highest BCUT2D eigenvalue weighted by Crippen LogP contribution is 2.31. The Hall–Kier alpha value is -2.86. The monoisotopic (exact) mass is 413 g/mol. The SMILES string of the molecule is CC(C)CC(=O)Nc1ccc(NC(=O)C2CC(=O)N(c3ccccc3Cl)C2)cc1. The Morgan fingerprint density at radius 2 is 1.69 bits per heavy atom. The van der Waals surface area contributed by atoms with E-state index in [-0.39, 0.29) is 36.6 Å². The molecule has 1 heterocycles. The predicted molar refractivity (Wildman–Crippen MR) is 115 cm³/mol. The van der Waals surface area contributed by atoms with Gasteiger partial charge in [0.2, 0.25) is 17.7 Å². The zero-order chi connectivity index (χ0) is 21.0. The first kappa shape index (κ1) is 20.9. The zero-order valence-electron chi connectivity index (χ0n) is 16.4. The molecule has 6 nitrogen and oxygen atoms in total. The second-order valence-corrected chi connectivity index (χ2v) is 7.98. The van der Waals surface area contributed by atoms with E-state index >= 15 is 0 Å². The molecule has 0 saturated carbocycles. The van der Waals surface area contributed by atoms with Gasteiger partial charge in [-0.3, -0.25) is 14.4 Å². The van der Waals surface area contributed by atoms with Crippen molar-refractivity contribution in [3.63, 3.8) is 0 Å². The van der Waals surface area contributed by atoms with Gasteiger partial charge in [0.15, 0.2) is 0 Å². The van der Waals surface area contributed by atoms with Gasteiger partial charge in [-0.25, -0.2) is 0 Å².